The molecule has 1 unspecified atom stereocenters. The summed E-state index contributed by atoms with van der Waals surface area (Å²) in [6, 6.07) is 0. The van der Waals surface area contributed by atoms with Crippen LogP contribution in [0.15, 0.2) is 170 Å². The zero-order valence-corrected chi connectivity index (χ0v) is 47.7. The van der Waals surface area contributed by atoms with Crippen molar-refractivity contribution in [2.45, 2.75) is 232 Å². The van der Waals surface area contributed by atoms with Gasteiger partial charge in [0.05, 0.1) is 6.42 Å². The summed E-state index contributed by atoms with van der Waals surface area (Å²) in [5.41, 5.74) is 0. The Kier molecular flexibility index (Phi) is 57.0. The van der Waals surface area contributed by atoms with Crippen molar-refractivity contribution in [2.75, 3.05) is 13.2 Å². The highest BCUT2D eigenvalue weighted by Crippen LogP contribution is 2.14. The molecular weight excluding hydrogens is 925 g/mol. The monoisotopic (exact) mass is 1030 g/mol. The molecule has 0 saturated carbocycles. The molecule has 6 nitrogen and oxygen atoms in total. The summed E-state index contributed by atoms with van der Waals surface area (Å²) >= 11 is 0. The van der Waals surface area contributed by atoms with Gasteiger partial charge in [-0.15, -0.1) is 0 Å². The summed E-state index contributed by atoms with van der Waals surface area (Å²) in [7, 11) is 0. The van der Waals surface area contributed by atoms with Gasteiger partial charge in [-0.1, -0.05) is 268 Å². The van der Waals surface area contributed by atoms with E-state index in [1.54, 1.807) is 6.08 Å². The predicted octanol–water partition coefficient (Wildman–Crippen LogP) is 20.3. The van der Waals surface area contributed by atoms with Crippen molar-refractivity contribution in [3.8, 4) is 0 Å². The molecule has 0 aliphatic rings. The molecule has 0 aromatic heterocycles. The van der Waals surface area contributed by atoms with E-state index in [9.17, 15) is 14.4 Å². The topological polar surface area (TPSA) is 78.9 Å². The van der Waals surface area contributed by atoms with Gasteiger partial charge in [0.25, 0.3) is 0 Å². The third-order valence-corrected chi connectivity index (χ3v) is 11.7. The molecule has 0 bridgehead atoms. The van der Waals surface area contributed by atoms with Crippen molar-refractivity contribution in [2.24, 2.45) is 0 Å². The molecule has 418 valence electrons. The van der Waals surface area contributed by atoms with Gasteiger partial charge in [0.2, 0.25) is 0 Å². The first-order chi connectivity index (χ1) is 37.0. The van der Waals surface area contributed by atoms with E-state index in [1.165, 1.54) is 64.2 Å². The summed E-state index contributed by atoms with van der Waals surface area (Å²) in [4.78, 5) is 38.1. The number of esters is 3. The Balaban J connectivity index is 4.52. The molecule has 0 rings (SSSR count). The zero-order valence-electron chi connectivity index (χ0n) is 47.7. The van der Waals surface area contributed by atoms with E-state index < -0.39 is 12.1 Å². The van der Waals surface area contributed by atoms with Crippen LogP contribution in [-0.4, -0.2) is 37.2 Å². The van der Waals surface area contributed by atoms with Crippen LogP contribution < -0.4 is 0 Å². The number of unbranched alkanes of at least 4 members (excludes halogenated alkanes) is 13. The van der Waals surface area contributed by atoms with E-state index in [4.69, 9.17) is 14.2 Å². The van der Waals surface area contributed by atoms with Gasteiger partial charge in [0.1, 0.15) is 13.2 Å². The average molecular weight is 1030 g/mol. The van der Waals surface area contributed by atoms with E-state index in [0.717, 1.165) is 109 Å². The second-order valence-electron chi connectivity index (χ2n) is 18.8. The van der Waals surface area contributed by atoms with Crippen molar-refractivity contribution in [1.82, 2.24) is 0 Å². The minimum Gasteiger partial charge on any atom is -0.462 e. The van der Waals surface area contributed by atoms with Crippen LogP contribution in [0.3, 0.4) is 0 Å². The number of carbonyl (C=O) groups is 3. The van der Waals surface area contributed by atoms with Gasteiger partial charge >= 0.3 is 17.9 Å². The Morgan fingerprint density at radius 1 is 0.293 bits per heavy atom. The number of rotatable bonds is 51. The Morgan fingerprint density at radius 3 is 0.880 bits per heavy atom. The third kappa shape index (κ3) is 59.5. The molecular formula is C69H106O6. The molecule has 0 N–H and O–H groups in total. The van der Waals surface area contributed by atoms with Gasteiger partial charge in [-0.3, -0.25) is 14.4 Å². The van der Waals surface area contributed by atoms with Gasteiger partial charge in [-0.05, 0) is 109 Å². The maximum atomic E-state index is 12.8. The van der Waals surface area contributed by atoms with Crippen LogP contribution in [0.25, 0.3) is 0 Å². The van der Waals surface area contributed by atoms with Crippen LogP contribution >= 0.6 is 0 Å². The smallest absolute Gasteiger partial charge is 0.310 e. The maximum absolute atomic E-state index is 12.8. The number of carbonyl (C=O) groups excluding carboxylic acids is 3. The molecule has 0 aromatic rings. The van der Waals surface area contributed by atoms with Gasteiger partial charge < -0.3 is 14.2 Å². The number of hydrogen-bond acceptors (Lipinski definition) is 6. The largest absolute Gasteiger partial charge is 0.462 e. The second-order valence-corrected chi connectivity index (χ2v) is 18.8. The molecule has 0 fully saturated rings. The van der Waals surface area contributed by atoms with Gasteiger partial charge in [-0.2, -0.15) is 0 Å². The predicted molar refractivity (Wildman–Crippen MR) is 325 cm³/mol. The summed E-state index contributed by atoms with van der Waals surface area (Å²) < 4.78 is 16.7. The fourth-order valence-corrected chi connectivity index (χ4v) is 7.40. The molecule has 0 amide bonds. The minimum absolute atomic E-state index is 0.0775. The maximum Gasteiger partial charge on any atom is 0.310 e. The molecule has 75 heavy (non-hydrogen) atoms. The van der Waals surface area contributed by atoms with E-state index >= 15 is 0 Å². The minimum atomic E-state index is -0.863. The number of allylic oxidation sites excluding steroid dienone is 27. The molecule has 0 saturated heterocycles. The summed E-state index contributed by atoms with van der Waals surface area (Å²) in [5.74, 6) is -1.14. The molecule has 0 aromatic carbocycles. The lowest BCUT2D eigenvalue weighted by molar-refractivity contribution is -0.166. The summed E-state index contributed by atoms with van der Waals surface area (Å²) in [5, 5.41) is 0. The Labute approximate surface area is 460 Å². The summed E-state index contributed by atoms with van der Waals surface area (Å²) in [6.07, 6.45) is 91.0. The first-order valence-corrected chi connectivity index (χ1v) is 29.6. The lowest BCUT2D eigenvalue weighted by Crippen LogP contribution is -2.30. The third-order valence-electron chi connectivity index (χ3n) is 11.7. The number of hydrogen-bond donors (Lipinski definition) is 0. The van der Waals surface area contributed by atoms with Gasteiger partial charge in [0.15, 0.2) is 6.10 Å². The average Bonchev–Trinajstić information content (AvgIpc) is 3.41. The highest BCUT2D eigenvalue weighted by Gasteiger charge is 2.19. The quantitative estimate of drug-likeness (QED) is 0.0261. The lowest BCUT2D eigenvalue weighted by atomic mass is 10.0. The van der Waals surface area contributed by atoms with Crippen LogP contribution in [0.1, 0.15) is 226 Å². The zero-order chi connectivity index (χ0) is 54.3. The second kappa shape index (κ2) is 61.3. The van der Waals surface area contributed by atoms with Crippen LogP contribution in [-0.2, 0) is 28.6 Å². The lowest BCUT2D eigenvalue weighted by Gasteiger charge is -2.18. The molecule has 1 atom stereocenters. The van der Waals surface area contributed by atoms with E-state index in [0.29, 0.717) is 19.3 Å². The van der Waals surface area contributed by atoms with Crippen molar-refractivity contribution >= 4 is 17.9 Å². The fourth-order valence-electron chi connectivity index (χ4n) is 7.40. The van der Waals surface area contributed by atoms with E-state index in [1.807, 2.05) is 6.08 Å². The Bertz CT molecular complexity index is 1750. The van der Waals surface area contributed by atoms with Crippen LogP contribution in [0.2, 0.25) is 0 Å². The van der Waals surface area contributed by atoms with Crippen LogP contribution in [0.5, 0.6) is 0 Å². The normalized spacial score (nSPS) is 13.4. The molecule has 0 aliphatic heterocycles. The number of ether oxygens (including phenoxy) is 3. The van der Waals surface area contributed by atoms with Crippen molar-refractivity contribution in [3.05, 3.63) is 170 Å². The summed E-state index contributed by atoms with van der Waals surface area (Å²) in [6.45, 7) is 6.26. The first kappa shape index (κ1) is 69.8. The molecule has 0 radical (unpaired) electrons. The highest BCUT2D eigenvalue weighted by atomic mass is 16.6. The standard InChI is InChI=1S/C69H106O6/c1-4-7-10-13-16-19-22-25-27-28-29-30-31-32-33-34-35-36-37-38-39-40-42-44-47-50-53-56-59-62-68(71)74-65-66(64-73-67(70)61-58-55-52-49-46-43-24-21-18-15-12-9-6-3)75-69(72)63-60-57-54-51-48-45-41-26-23-20-17-14-11-8-5-2/h7-8,10-11,16-17,19-20,25-27,29-30,32-33,35-36,38-39,41-42,44,48,50-51,53,57,60,66H,4-6,9,12-15,18,21-24,28,31,34,37,40,43,45-47,49,52,54-56,58-59,61-65H2,1-3H3/b10-7-,11-8-,19-16-,20-17-,27-25-,30-29-,33-32-,36-35-,39-38-,41-26-,44-42-,51-48-,53-50-,60-57-. The highest BCUT2D eigenvalue weighted by molar-refractivity contribution is 5.72. The molecule has 6 heteroatoms. The van der Waals surface area contributed by atoms with Crippen LogP contribution in [0.4, 0.5) is 0 Å². The van der Waals surface area contributed by atoms with Crippen molar-refractivity contribution in [3.63, 3.8) is 0 Å². The Hall–Kier alpha value is -5.23. The van der Waals surface area contributed by atoms with E-state index in [-0.39, 0.29) is 38.0 Å². The Morgan fingerprint density at radius 2 is 0.560 bits per heavy atom. The van der Waals surface area contributed by atoms with Gasteiger partial charge in [-0.25, -0.2) is 0 Å². The first-order valence-electron chi connectivity index (χ1n) is 29.6. The molecule has 0 aliphatic carbocycles. The van der Waals surface area contributed by atoms with Crippen LogP contribution in [0, 0.1) is 0 Å². The fraction of sp³-hybridized carbons (Fsp3) is 0.551. The SMILES string of the molecule is CC/C=C\C/C=C\C/C=C\C/C=C\C/C=C\C/C=C\C/C=C\C/C=C\C/C=C\CCCC(=O)OCC(COC(=O)CCCCCCCCCCCCCCC)OC(=O)C/C=C\C/C=C\C/C=C\C/C=C\C/C=C\CC. The van der Waals surface area contributed by atoms with E-state index in [2.05, 4.69) is 179 Å². The van der Waals surface area contributed by atoms with Crippen molar-refractivity contribution in [1.29, 1.82) is 0 Å². The molecule has 0 heterocycles. The van der Waals surface area contributed by atoms with Crippen molar-refractivity contribution < 1.29 is 28.6 Å². The molecule has 0 spiro atoms. The van der Waals surface area contributed by atoms with Gasteiger partial charge in [0, 0.05) is 12.8 Å².